The van der Waals surface area contributed by atoms with Gasteiger partial charge in [0.1, 0.15) is 11.6 Å². The molecular formula is C12H19ClN+. The predicted molar refractivity (Wildman–Crippen MR) is 60.5 cm³/mol. The molecule has 78 valence electrons. The molecule has 0 saturated carbocycles. The Morgan fingerprint density at radius 1 is 1.21 bits per heavy atom. The fraction of sp³-hybridized carbons (Fsp3) is 0.583. The van der Waals surface area contributed by atoms with Gasteiger partial charge < -0.3 is 0 Å². The summed E-state index contributed by atoms with van der Waals surface area (Å²) in [6.07, 6.45) is 9.34. The Morgan fingerprint density at radius 2 is 2.00 bits per heavy atom. The van der Waals surface area contributed by atoms with Crippen molar-refractivity contribution >= 4 is 11.6 Å². The topological polar surface area (TPSA) is 3.88 Å². The van der Waals surface area contributed by atoms with Crippen LogP contribution in [0.15, 0.2) is 18.5 Å². The SMILES string of the molecule is CCCCCC[n+]1cc(C)cc(Cl)c1. The van der Waals surface area contributed by atoms with Gasteiger partial charge in [-0.05, 0) is 19.4 Å². The van der Waals surface area contributed by atoms with Gasteiger partial charge >= 0.3 is 0 Å². The van der Waals surface area contributed by atoms with E-state index in [-0.39, 0.29) is 0 Å². The Labute approximate surface area is 91.7 Å². The van der Waals surface area contributed by atoms with Crippen LogP contribution in [0.3, 0.4) is 0 Å². The first-order valence-electron chi connectivity index (χ1n) is 5.38. The van der Waals surface area contributed by atoms with Crippen molar-refractivity contribution in [2.45, 2.75) is 46.1 Å². The lowest BCUT2D eigenvalue weighted by Gasteiger charge is -1.99. The van der Waals surface area contributed by atoms with E-state index < -0.39 is 0 Å². The van der Waals surface area contributed by atoms with Crippen LogP contribution < -0.4 is 4.57 Å². The molecule has 2 heteroatoms. The molecule has 0 radical (unpaired) electrons. The molecular weight excluding hydrogens is 194 g/mol. The fourth-order valence-corrected chi connectivity index (χ4v) is 1.90. The summed E-state index contributed by atoms with van der Waals surface area (Å²) in [5.41, 5.74) is 1.23. The number of hydrogen-bond donors (Lipinski definition) is 0. The standard InChI is InChI=1S/C12H19ClN/c1-3-4-5-6-7-14-9-11(2)8-12(13)10-14/h8-10H,3-7H2,1-2H3/q+1. The molecule has 0 aliphatic rings. The molecule has 0 bridgehead atoms. The van der Waals surface area contributed by atoms with Gasteiger partial charge in [0.2, 0.25) is 0 Å². The van der Waals surface area contributed by atoms with Crippen molar-refractivity contribution in [2.75, 3.05) is 0 Å². The number of pyridine rings is 1. The Hall–Kier alpha value is -0.560. The molecule has 0 amide bonds. The lowest BCUT2D eigenvalue weighted by Crippen LogP contribution is -2.33. The van der Waals surface area contributed by atoms with E-state index in [1.807, 2.05) is 12.3 Å². The maximum absolute atomic E-state index is 5.97. The van der Waals surface area contributed by atoms with Gasteiger partial charge in [0, 0.05) is 12.0 Å². The molecule has 0 aliphatic carbocycles. The smallest absolute Gasteiger partial charge is 0.187 e. The maximum atomic E-state index is 5.97. The van der Waals surface area contributed by atoms with Crippen LogP contribution >= 0.6 is 11.6 Å². The lowest BCUT2D eigenvalue weighted by atomic mass is 10.2. The minimum Gasteiger partial charge on any atom is -0.203 e. The van der Waals surface area contributed by atoms with Crippen LogP contribution in [0.4, 0.5) is 0 Å². The second-order valence-electron chi connectivity index (χ2n) is 3.83. The van der Waals surface area contributed by atoms with E-state index in [0.717, 1.165) is 11.6 Å². The molecule has 1 rings (SSSR count). The second kappa shape index (κ2) is 6.02. The summed E-state index contributed by atoms with van der Waals surface area (Å²) in [7, 11) is 0. The third-order valence-electron chi connectivity index (χ3n) is 2.29. The molecule has 0 aromatic carbocycles. The molecule has 0 aliphatic heterocycles. The Kier molecular flexibility index (Phi) is 4.95. The third-order valence-corrected chi connectivity index (χ3v) is 2.50. The minimum atomic E-state index is 0.834. The van der Waals surface area contributed by atoms with Crippen molar-refractivity contribution in [3.05, 3.63) is 29.0 Å². The third kappa shape index (κ3) is 4.10. The molecule has 0 atom stereocenters. The van der Waals surface area contributed by atoms with Gasteiger partial charge in [0.25, 0.3) is 0 Å². The van der Waals surface area contributed by atoms with E-state index in [9.17, 15) is 0 Å². The first-order valence-corrected chi connectivity index (χ1v) is 5.76. The van der Waals surface area contributed by atoms with Gasteiger partial charge in [-0.15, -0.1) is 0 Å². The van der Waals surface area contributed by atoms with Crippen LogP contribution in [-0.2, 0) is 6.54 Å². The average molecular weight is 213 g/mol. The van der Waals surface area contributed by atoms with Crippen LogP contribution in [0.2, 0.25) is 5.02 Å². The van der Waals surface area contributed by atoms with Gasteiger partial charge in [-0.1, -0.05) is 31.4 Å². The Bertz CT molecular complexity index is 263. The van der Waals surface area contributed by atoms with Crippen molar-refractivity contribution < 1.29 is 4.57 Å². The fourth-order valence-electron chi connectivity index (χ4n) is 1.60. The molecule has 14 heavy (non-hydrogen) atoms. The van der Waals surface area contributed by atoms with E-state index in [0.29, 0.717) is 0 Å². The summed E-state index contributed by atoms with van der Waals surface area (Å²) in [4.78, 5) is 0. The van der Waals surface area contributed by atoms with Gasteiger partial charge in [-0.2, -0.15) is 0 Å². The summed E-state index contributed by atoms with van der Waals surface area (Å²) in [5, 5.41) is 0.834. The molecule has 1 aromatic heterocycles. The number of rotatable bonds is 5. The first-order chi connectivity index (χ1) is 6.72. The van der Waals surface area contributed by atoms with E-state index in [1.54, 1.807) is 0 Å². The normalized spacial score (nSPS) is 10.5. The molecule has 0 unspecified atom stereocenters. The second-order valence-corrected chi connectivity index (χ2v) is 4.27. The van der Waals surface area contributed by atoms with Gasteiger partial charge in [0.05, 0.1) is 0 Å². The number of aromatic nitrogens is 1. The summed E-state index contributed by atoms with van der Waals surface area (Å²) < 4.78 is 2.19. The zero-order chi connectivity index (χ0) is 10.4. The highest BCUT2D eigenvalue weighted by molar-refractivity contribution is 6.30. The van der Waals surface area contributed by atoms with E-state index in [4.69, 9.17) is 11.6 Å². The number of aryl methyl sites for hydroxylation is 2. The highest BCUT2D eigenvalue weighted by Crippen LogP contribution is 2.06. The molecule has 0 fully saturated rings. The van der Waals surface area contributed by atoms with Crippen molar-refractivity contribution in [1.82, 2.24) is 0 Å². The lowest BCUT2D eigenvalue weighted by molar-refractivity contribution is -0.697. The van der Waals surface area contributed by atoms with Crippen LogP contribution in [0.25, 0.3) is 0 Å². The van der Waals surface area contributed by atoms with Crippen molar-refractivity contribution in [2.24, 2.45) is 0 Å². The molecule has 0 spiro atoms. The molecule has 1 heterocycles. The average Bonchev–Trinajstić information content (AvgIpc) is 2.11. The Morgan fingerprint density at radius 3 is 2.64 bits per heavy atom. The predicted octanol–water partition coefficient (Wildman–Crippen LogP) is 3.52. The summed E-state index contributed by atoms with van der Waals surface area (Å²) in [6.45, 7) is 5.40. The largest absolute Gasteiger partial charge is 0.203 e. The van der Waals surface area contributed by atoms with E-state index in [2.05, 4.69) is 24.6 Å². The number of unbranched alkanes of at least 4 members (excludes halogenated alkanes) is 3. The van der Waals surface area contributed by atoms with Crippen LogP contribution in [0.5, 0.6) is 0 Å². The summed E-state index contributed by atoms with van der Waals surface area (Å²) in [6, 6.07) is 1.99. The highest BCUT2D eigenvalue weighted by atomic mass is 35.5. The minimum absolute atomic E-state index is 0.834. The molecule has 0 saturated heterocycles. The number of halogens is 1. The quantitative estimate of drug-likeness (QED) is 0.520. The van der Waals surface area contributed by atoms with Gasteiger partial charge in [0.15, 0.2) is 12.4 Å². The van der Waals surface area contributed by atoms with Gasteiger partial charge in [-0.3, -0.25) is 0 Å². The van der Waals surface area contributed by atoms with Crippen LogP contribution in [-0.4, -0.2) is 0 Å². The summed E-state index contributed by atoms with van der Waals surface area (Å²) >= 11 is 5.97. The van der Waals surface area contributed by atoms with Crippen LogP contribution in [0, 0.1) is 6.92 Å². The first kappa shape index (κ1) is 11.5. The van der Waals surface area contributed by atoms with E-state index >= 15 is 0 Å². The monoisotopic (exact) mass is 212 g/mol. The number of nitrogens with zero attached hydrogens (tertiary/aromatic N) is 1. The van der Waals surface area contributed by atoms with E-state index in [1.165, 1.54) is 31.2 Å². The van der Waals surface area contributed by atoms with Crippen LogP contribution in [0.1, 0.15) is 38.2 Å². The molecule has 1 aromatic rings. The van der Waals surface area contributed by atoms with Crippen molar-refractivity contribution in [1.29, 1.82) is 0 Å². The summed E-state index contributed by atoms with van der Waals surface area (Å²) in [5.74, 6) is 0. The van der Waals surface area contributed by atoms with Crippen molar-refractivity contribution in [3.63, 3.8) is 0 Å². The number of hydrogen-bond acceptors (Lipinski definition) is 0. The van der Waals surface area contributed by atoms with Gasteiger partial charge in [-0.25, -0.2) is 4.57 Å². The molecule has 0 N–H and O–H groups in total. The highest BCUT2D eigenvalue weighted by Gasteiger charge is 2.03. The maximum Gasteiger partial charge on any atom is 0.187 e. The Balaban J connectivity index is 2.42. The zero-order valence-electron chi connectivity index (χ0n) is 9.09. The molecule has 1 nitrogen and oxygen atoms in total. The zero-order valence-corrected chi connectivity index (χ0v) is 9.85. The van der Waals surface area contributed by atoms with Crippen molar-refractivity contribution in [3.8, 4) is 0 Å².